The van der Waals surface area contributed by atoms with Crippen molar-refractivity contribution in [3.05, 3.63) is 41.6 Å². The van der Waals surface area contributed by atoms with Crippen molar-refractivity contribution in [3.63, 3.8) is 0 Å². The number of benzene rings is 1. The molecule has 1 heterocycles. The number of hydrogen-bond acceptors (Lipinski definition) is 4. The molecule has 1 aromatic heterocycles. The number of nitrogens with two attached hydrogens (primary N) is 1. The smallest absolute Gasteiger partial charge is 0.149 e. The number of nitrogens with one attached hydrogen (secondary N) is 1. The molecule has 0 radical (unpaired) electrons. The van der Waals surface area contributed by atoms with Crippen LogP contribution in [0.1, 0.15) is 0 Å². The van der Waals surface area contributed by atoms with Crippen molar-refractivity contribution in [2.75, 3.05) is 30.0 Å². The monoisotopic (exact) mass is 262 g/mol. The number of nitrogens with zero attached hydrogens (tertiary/aromatic N) is 2. The lowest BCUT2D eigenvalue weighted by atomic mass is 10.2. The summed E-state index contributed by atoms with van der Waals surface area (Å²) in [4.78, 5) is 6.19. The maximum absolute atomic E-state index is 6.05. The molecule has 0 spiro atoms. The molecule has 2 aromatic rings. The minimum Gasteiger partial charge on any atom is -0.397 e. The van der Waals surface area contributed by atoms with Crippen LogP contribution in [-0.2, 0) is 0 Å². The third-order valence-electron chi connectivity index (χ3n) is 2.51. The Labute approximate surface area is 111 Å². The quantitative estimate of drug-likeness (QED) is 0.892. The third-order valence-corrected chi connectivity index (χ3v) is 2.80. The Balaban J connectivity index is 2.18. The summed E-state index contributed by atoms with van der Waals surface area (Å²) in [7, 11) is 4.00. The van der Waals surface area contributed by atoms with Crippen LogP contribution in [0.5, 0.6) is 0 Å². The topological polar surface area (TPSA) is 54.2 Å². The summed E-state index contributed by atoms with van der Waals surface area (Å²) in [5.41, 5.74) is 8.21. The van der Waals surface area contributed by atoms with E-state index >= 15 is 0 Å². The Hall–Kier alpha value is -1.94. The first-order chi connectivity index (χ1) is 8.56. The van der Waals surface area contributed by atoms with E-state index in [1.807, 2.05) is 43.3 Å². The predicted molar refractivity (Wildman–Crippen MR) is 77.7 cm³/mol. The second kappa shape index (κ2) is 5.14. The van der Waals surface area contributed by atoms with E-state index in [0.29, 0.717) is 16.5 Å². The molecule has 3 N–H and O–H groups in total. The highest BCUT2D eigenvalue weighted by Crippen LogP contribution is 2.25. The van der Waals surface area contributed by atoms with Gasteiger partial charge in [0.15, 0.2) is 0 Å². The fraction of sp³-hybridized carbons (Fsp3) is 0.154. The average Bonchev–Trinajstić information content (AvgIpc) is 2.33. The SMILES string of the molecule is CN(C)c1ccc(Nc2ncc(N)cc2Cl)cc1. The van der Waals surface area contributed by atoms with Gasteiger partial charge in [0.25, 0.3) is 0 Å². The van der Waals surface area contributed by atoms with Gasteiger partial charge >= 0.3 is 0 Å². The van der Waals surface area contributed by atoms with Crippen LogP contribution in [0, 0.1) is 0 Å². The van der Waals surface area contributed by atoms with E-state index in [1.165, 1.54) is 0 Å². The highest BCUT2D eigenvalue weighted by atomic mass is 35.5. The van der Waals surface area contributed by atoms with Crippen molar-refractivity contribution >= 4 is 34.5 Å². The molecule has 0 aliphatic carbocycles. The lowest BCUT2D eigenvalue weighted by Gasteiger charge is -2.13. The normalized spacial score (nSPS) is 10.2. The van der Waals surface area contributed by atoms with E-state index in [1.54, 1.807) is 12.3 Å². The molecule has 0 fully saturated rings. The Morgan fingerprint density at radius 1 is 1.22 bits per heavy atom. The highest BCUT2D eigenvalue weighted by molar-refractivity contribution is 6.33. The van der Waals surface area contributed by atoms with Crippen molar-refractivity contribution in [1.82, 2.24) is 4.98 Å². The van der Waals surface area contributed by atoms with Gasteiger partial charge in [0.1, 0.15) is 5.82 Å². The summed E-state index contributed by atoms with van der Waals surface area (Å²) in [6, 6.07) is 9.67. The zero-order chi connectivity index (χ0) is 13.1. The average molecular weight is 263 g/mol. The molecule has 2 rings (SSSR count). The Morgan fingerprint density at radius 3 is 2.44 bits per heavy atom. The molecule has 0 aliphatic heterocycles. The standard InChI is InChI=1S/C13H15ClN4/c1-18(2)11-5-3-10(4-6-11)17-13-12(14)7-9(15)8-16-13/h3-8H,15H2,1-2H3,(H,16,17). The summed E-state index contributed by atoms with van der Waals surface area (Å²) in [6.07, 6.45) is 1.57. The van der Waals surface area contributed by atoms with E-state index in [-0.39, 0.29) is 0 Å². The van der Waals surface area contributed by atoms with Crippen LogP contribution >= 0.6 is 11.6 Å². The Bertz CT molecular complexity index is 537. The summed E-state index contributed by atoms with van der Waals surface area (Å²) < 4.78 is 0. The molecule has 0 unspecified atom stereocenters. The van der Waals surface area contributed by atoms with Gasteiger partial charge in [-0.15, -0.1) is 0 Å². The molecular weight excluding hydrogens is 248 g/mol. The predicted octanol–water partition coefficient (Wildman–Crippen LogP) is 3.13. The second-order valence-corrected chi connectivity index (χ2v) is 4.57. The van der Waals surface area contributed by atoms with Gasteiger partial charge < -0.3 is 16.0 Å². The Kier molecular flexibility index (Phi) is 3.58. The third kappa shape index (κ3) is 2.84. The molecule has 0 saturated heterocycles. The fourth-order valence-electron chi connectivity index (χ4n) is 1.52. The van der Waals surface area contributed by atoms with Crippen molar-refractivity contribution in [2.45, 2.75) is 0 Å². The van der Waals surface area contributed by atoms with E-state index in [4.69, 9.17) is 17.3 Å². The van der Waals surface area contributed by atoms with Crippen LogP contribution in [0.2, 0.25) is 5.02 Å². The molecule has 94 valence electrons. The van der Waals surface area contributed by atoms with E-state index in [2.05, 4.69) is 10.3 Å². The molecule has 4 nitrogen and oxygen atoms in total. The van der Waals surface area contributed by atoms with E-state index < -0.39 is 0 Å². The van der Waals surface area contributed by atoms with Gasteiger partial charge in [-0.1, -0.05) is 11.6 Å². The fourth-order valence-corrected chi connectivity index (χ4v) is 1.75. The molecule has 0 amide bonds. The lowest BCUT2D eigenvalue weighted by molar-refractivity contribution is 1.13. The van der Waals surface area contributed by atoms with Crippen molar-refractivity contribution in [1.29, 1.82) is 0 Å². The van der Waals surface area contributed by atoms with Gasteiger partial charge in [-0.05, 0) is 30.3 Å². The number of rotatable bonds is 3. The molecule has 1 aromatic carbocycles. The van der Waals surface area contributed by atoms with Crippen molar-refractivity contribution in [3.8, 4) is 0 Å². The van der Waals surface area contributed by atoms with Gasteiger partial charge in [0, 0.05) is 25.5 Å². The molecule has 0 saturated carbocycles. The van der Waals surface area contributed by atoms with Gasteiger partial charge in [-0.25, -0.2) is 4.98 Å². The van der Waals surface area contributed by atoms with Crippen LogP contribution in [0.25, 0.3) is 0 Å². The van der Waals surface area contributed by atoms with Gasteiger partial charge in [-0.2, -0.15) is 0 Å². The number of pyridine rings is 1. The maximum Gasteiger partial charge on any atom is 0.149 e. The highest BCUT2D eigenvalue weighted by Gasteiger charge is 2.03. The second-order valence-electron chi connectivity index (χ2n) is 4.17. The number of halogens is 1. The van der Waals surface area contributed by atoms with Gasteiger partial charge in [-0.3, -0.25) is 0 Å². The zero-order valence-electron chi connectivity index (χ0n) is 10.3. The summed E-state index contributed by atoms with van der Waals surface area (Å²) in [5.74, 6) is 0.600. The summed E-state index contributed by atoms with van der Waals surface area (Å²) >= 11 is 6.05. The summed E-state index contributed by atoms with van der Waals surface area (Å²) in [5, 5.41) is 3.65. The van der Waals surface area contributed by atoms with E-state index in [0.717, 1.165) is 11.4 Å². The lowest BCUT2D eigenvalue weighted by Crippen LogP contribution is -2.08. The first-order valence-electron chi connectivity index (χ1n) is 5.51. The number of aromatic nitrogens is 1. The van der Waals surface area contributed by atoms with Crippen molar-refractivity contribution in [2.24, 2.45) is 0 Å². The van der Waals surface area contributed by atoms with Gasteiger partial charge in [0.2, 0.25) is 0 Å². The molecule has 18 heavy (non-hydrogen) atoms. The van der Waals surface area contributed by atoms with Crippen LogP contribution < -0.4 is 16.0 Å². The number of anilines is 4. The van der Waals surface area contributed by atoms with Crippen LogP contribution in [0.4, 0.5) is 22.9 Å². The van der Waals surface area contributed by atoms with Crippen LogP contribution in [0.15, 0.2) is 36.5 Å². The first kappa shape index (κ1) is 12.5. The van der Waals surface area contributed by atoms with Crippen molar-refractivity contribution < 1.29 is 0 Å². The first-order valence-corrected chi connectivity index (χ1v) is 5.89. The molecule has 0 aliphatic rings. The minimum atomic E-state index is 0.506. The minimum absolute atomic E-state index is 0.506. The Morgan fingerprint density at radius 2 is 1.89 bits per heavy atom. The molecule has 0 bridgehead atoms. The zero-order valence-corrected chi connectivity index (χ0v) is 11.1. The molecule has 5 heteroatoms. The largest absolute Gasteiger partial charge is 0.397 e. The van der Waals surface area contributed by atoms with Gasteiger partial charge in [0.05, 0.1) is 16.9 Å². The van der Waals surface area contributed by atoms with E-state index in [9.17, 15) is 0 Å². The maximum atomic E-state index is 6.05. The molecule has 0 atom stereocenters. The van der Waals surface area contributed by atoms with Crippen LogP contribution in [-0.4, -0.2) is 19.1 Å². The van der Waals surface area contributed by atoms with Crippen LogP contribution in [0.3, 0.4) is 0 Å². The molecular formula is C13H15ClN4. The summed E-state index contributed by atoms with van der Waals surface area (Å²) in [6.45, 7) is 0. The number of nitrogen functional groups attached to an aromatic ring is 1. The number of hydrogen-bond donors (Lipinski definition) is 2.